The van der Waals surface area contributed by atoms with Crippen molar-refractivity contribution in [3.63, 3.8) is 0 Å². The molecule has 3 aliphatic heterocycles. The maximum absolute atomic E-state index is 3.76. The molecule has 2 bridgehead atoms. The third-order valence-corrected chi connectivity index (χ3v) is 5.06. The summed E-state index contributed by atoms with van der Waals surface area (Å²) in [5.41, 5.74) is 0. The molecule has 0 aromatic carbocycles. The van der Waals surface area contributed by atoms with Crippen LogP contribution in [0.3, 0.4) is 0 Å². The van der Waals surface area contributed by atoms with Crippen LogP contribution in [-0.2, 0) is 0 Å². The van der Waals surface area contributed by atoms with Crippen molar-refractivity contribution in [2.24, 2.45) is 5.92 Å². The number of fused-ring (bicyclic) bond motifs is 2. The van der Waals surface area contributed by atoms with Crippen LogP contribution in [0.15, 0.2) is 0 Å². The van der Waals surface area contributed by atoms with E-state index in [1.807, 2.05) is 0 Å². The zero-order valence-electron chi connectivity index (χ0n) is 11.4. The van der Waals surface area contributed by atoms with E-state index in [9.17, 15) is 0 Å². The lowest BCUT2D eigenvalue weighted by Gasteiger charge is -2.38. The van der Waals surface area contributed by atoms with E-state index in [0.29, 0.717) is 0 Å². The second-order valence-corrected chi connectivity index (χ2v) is 6.47. The van der Waals surface area contributed by atoms with Gasteiger partial charge in [-0.1, -0.05) is 0 Å². The van der Waals surface area contributed by atoms with Crippen molar-refractivity contribution in [3.8, 4) is 0 Å². The minimum absolute atomic E-state index is 0.723. The molecule has 3 atom stereocenters. The molecule has 0 aromatic heterocycles. The Hall–Kier alpha value is -0.120. The van der Waals surface area contributed by atoms with E-state index < -0.39 is 0 Å². The van der Waals surface area contributed by atoms with Crippen LogP contribution >= 0.6 is 0 Å². The second-order valence-electron chi connectivity index (χ2n) is 6.47. The van der Waals surface area contributed by atoms with E-state index >= 15 is 0 Å². The van der Waals surface area contributed by atoms with Gasteiger partial charge in [-0.05, 0) is 39.0 Å². The summed E-state index contributed by atoms with van der Waals surface area (Å²) in [4.78, 5) is 5.31. The molecule has 0 radical (unpaired) electrons. The Morgan fingerprint density at radius 2 is 1.88 bits per heavy atom. The van der Waals surface area contributed by atoms with Crippen molar-refractivity contribution >= 4 is 0 Å². The average Bonchev–Trinajstić information content (AvgIpc) is 2.91. The summed E-state index contributed by atoms with van der Waals surface area (Å²) in [5, 5.41) is 3.76. The summed E-state index contributed by atoms with van der Waals surface area (Å²) in [6, 6.07) is 2.44. The number of hydrogen-bond donors (Lipinski definition) is 1. The summed E-state index contributed by atoms with van der Waals surface area (Å²) < 4.78 is 0. The van der Waals surface area contributed by atoms with Gasteiger partial charge in [-0.25, -0.2) is 0 Å². The average molecular weight is 237 g/mol. The van der Waals surface area contributed by atoms with Gasteiger partial charge in [-0.15, -0.1) is 0 Å². The van der Waals surface area contributed by atoms with Crippen molar-refractivity contribution in [1.82, 2.24) is 15.1 Å². The van der Waals surface area contributed by atoms with Crippen molar-refractivity contribution < 1.29 is 0 Å². The molecule has 0 amide bonds. The first-order valence-corrected chi connectivity index (χ1v) is 7.45. The molecule has 3 heterocycles. The molecule has 98 valence electrons. The van der Waals surface area contributed by atoms with Crippen molar-refractivity contribution in [2.45, 2.75) is 51.2 Å². The van der Waals surface area contributed by atoms with Gasteiger partial charge >= 0.3 is 0 Å². The molecule has 0 spiro atoms. The zero-order valence-corrected chi connectivity index (χ0v) is 11.4. The van der Waals surface area contributed by atoms with Crippen molar-refractivity contribution in [3.05, 3.63) is 0 Å². The predicted octanol–water partition coefficient (Wildman–Crippen LogP) is 1.15. The summed E-state index contributed by atoms with van der Waals surface area (Å²) in [7, 11) is 0. The van der Waals surface area contributed by atoms with Gasteiger partial charge in [0, 0.05) is 50.8 Å². The molecular weight excluding hydrogens is 210 g/mol. The fourth-order valence-corrected chi connectivity index (χ4v) is 3.93. The Morgan fingerprint density at radius 1 is 1.12 bits per heavy atom. The van der Waals surface area contributed by atoms with Gasteiger partial charge in [-0.2, -0.15) is 0 Å². The van der Waals surface area contributed by atoms with E-state index in [2.05, 4.69) is 29.0 Å². The van der Waals surface area contributed by atoms with E-state index in [1.165, 1.54) is 52.0 Å². The number of nitrogens with one attached hydrogen (secondary N) is 1. The second kappa shape index (κ2) is 4.87. The van der Waals surface area contributed by atoms with Gasteiger partial charge in [0.05, 0.1) is 0 Å². The molecule has 0 saturated carbocycles. The van der Waals surface area contributed by atoms with Gasteiger partial charge in [0.2, 0.25) is 0 Å². The molecule has 3 fully saturated rings. The SMILES string of the molecule is CC(C)N1CCN(CC2CC3CCC2N3)CC1. The first-order chi connectivity index (χ1) is 8.22. The van der Waals surface area contributed by atoms with Crippen LogP contribution in [-0.4, -0.2) is 60.6 Å². The highest BCUT2D eigenvalue weighted by molar-refractivity contribution is 4.98. The standard InChI is InChI=1S/C14H27N3/c1-11(2)17-7-5-16(6-8-17)10-12-9-13-3-4-14(12)15-13/h11-15H,3-10H2,1-2H3. The summed E-state index contributed by atoms with van der Waals surface area (Å²) in [6.07, 6.45) is 4.30. The normalized spacial score (nSPS) is 39.4. The highest BCUT2D eigenvalue weighted by Crippen LogP contribution is 2.33. The Balaban J connectivity index is 1.45. The predicted molar refractivity (Wildman–Crippen MR) is 71.2 cm³/mol. The monoisotopic (exact) mass is 237 g/mol. The molecule has 0 aromatic rings. The lowest BCUT2D eigenvalue weighted by Crippen LogP contribution is -2.50. The molecule has 3 nitrogen and oxygen atoms in total. The van der Waals surface area contributed by atoms with Crippen LogP contribution in [0.2, 0.25) is 0 Å². The van der Waals surface area contributed by atoms with E-state index in [4.69, 9.17) is 0 Å². The van der Waals surface area contributed by atoms with Gasteiger partial charge < -0.3 is 10.2 Å². The Kier molecular flexibility index (Phi) is 3.42. The molecule has 3 aliphatic rings. The molecule has 17 heavy (non-hydrogen) atoms. The third-order valence-electron chi connectivity index (χ3n) is 5.06. The number of nitrogens with zero attached hydrogens (tertiary/aromatic N) is 2. The minimum Gasteiger partial charge on any atom is -0.311 e. The number of hydrogen-bond acceptors (Lipinski definition) is 3. The van der Waals surface area contributed by atoms with Crippen LogP contribution in [0.1, 0.15) is 33.1 Å². The molecule has 3 rings (SSSR count). The van der Waals surface area contributed by atoms with Gasteiger partial charge in [0.1, 0.15) is 0 Å². The topological polar surface area (TPSA) is 18.5 Å². The van der Waals surface area contributed by atoms with Gasteiger partial charge in [-0.3, -0.25) is 4.90 Å². The Morgan fingerprint density at radius 3 is 2.41 bits per heavy atom. The van der Waals surface area contributed by atoms with Crippen molar-refractivity contribution in [1.29, 1.82) is 0 Å². The van der Waals surface area contributed by atoms with Crippen LogP contribution in [0.25, 0.3) is 0 Å². The quantitative estimate of drug-likeness (QED) is 0.794. The number of piperazine rings is 1. The highest BCUT2D eigenvalue weighted by atomic mass is 15.3. The van der Waals surface area contributed by atoms with Crippen LogP contribution in [0, 0.1) is 5.92 Å². The van der Waals surface area contributed by atoms with Crippen LogP contribution in [0.4, 0.5) is 0 Å². The number of rotatable bonds is 3. The summed E-state index contributed by atoms with van der Waals surface area (Å²) >= 11 is 0. The molecule has 0 aliphatic carbocycles. The largest absolute Gasteiger partial charge is 0.311 e. The Bertz CT molecular complexity index is 258. The molecular formula is C14H27N3. The highest BCUT2D eigenvalue weighted by Gasteiger charge is 2.39. The first-order valence-electron chi connectivity index (χ1n) is 7.45. The van der Waals surface area contributed by atoms with Gasteiger partial charge in [0.15, 0.2) is 0 Å². The van der Waals surface area contributed by atoms with E-state index in [-0.39, 0.29) is 0 Å². The van der Waals surface area contributed by atoms with Gasteiger partial charge in [0.25, 0.3) is 0 Å². The maximum atomic E-state index is 3.76. The lowest BCUT2D eigenvalue weighted by molar-refractivity contribution is 0.0931. The third kappa shape index (κ3) is 2.51. The fourth-order valence-electron chi connectivity index (χ4n) is 3.93. The van der Waals surface area contributed by atoms with E-state index in [0.717, 1.165) is 24.0 Å². The molecule has 3 heteroatoms. The zero-order chi connectivity index (χ0) is 11.8. The van der Waals surface area contributed by atoms with Crippen LogP contribution in [0.5, 0.6) is 0 Å². The molecule has 3 unspecified atom stereocenters. The minimum atomic E-state index is 0.723. The van der Waals surface area contributed by atoms with Crippen LogP contribution < -0.4 is 5.32 Å². The Labute approximate surface area is 106 Å². The maximum Gasteiger partial charge on any atom is 0.0113 e. The van der Waals surface area contributed by atoms with E-state index in [1.54, 1.807) is 0 Å². The van der Waals surface area contributed by atoms with Crippen molar-refractivity contribution in [2.75, 3.05) is 32.7 Å². The summed E-state index contributed by atoms with van der Waals surface area (Å²) in [6.45, 7) is 11.1. The first kappa shape index (κ1) is 11.9. The smallest absolute Gasteiger partial charge is 0.0113 e. The lowest BCUT2D eigenvalue weighted by atomic mass is 9.88. The molecule has 3 saturated heterocycles. The molecule has 1 N–H and O–H groups in total. The fraction of sp³-hybridized carbons (Fsp3) is 1.00. The summed E-state index contributed by atoms with van der Waals surface area (Å²) in [5.74, 6) is 0.944.